The first-order valence-corrected chi connectivity index (χ1v) is 7.02. The monoisotopic (exact) mass is 293 g/mol. The van der Waals surface area contributed by atoms with E-state index in [2.05, 4.69) is 5.32 Å². The maximum absolute atomic E-state index is 13.5. The van der Waals surface area contributed by atoms with E-state index in [1.165, 1.54) is 25.0 Å². The summed E-state index contributed by atoms with van der Waals surface area (Å²) in [6.07, 6.45) is 2.43. The first kappa shape index (κ1) is 14.1. The minimum atomic E-state index is -0.976. The molecule has 1 aromatic carbocycles. The molecule has 0 atom stereocenters. The van der Waals surface area contributed by atoms with Crippen molar-refractivity contribution in [3.8, 4) is 5.75 Å². The molecule has 0 saturated heterocycles. The molecule has 0 spiro atoms. The molecule has 3 nitrogen and oxygen atoms in total. The second-order valence-electron chi connectivity index (χ2n) is 5.31. The highest BCUT2D eigenvalue weighted by Gasteiger charge is 2.21. The van der Waals surface area contributed by atoms with Crippen LogP contribution >= 0.6 is 0 Å². The Morgan fingerprint density at radius 2 is 2.14 bits per heavy atom. The highest BCUT2D eigenvalue weighted by molar-refractivity contribution is 5.26. The Morgan fingerprint density at radius 3 is 2.90 bits per heavy atom. The van der Waals surface area contributed by atoms with Gasteiger partial charge in [0.25, 0.3) is 0 Å². The van der Waals surface area contributed by atoms with E-state index in [-0.39, 0.29) is 12.4 Å². The first-order valence-electron chi connectivity index (χ1n) is 7.02. The number of furan rings is 1. The molecule has 0 bridgehead atoms. The van der Waals surface area contributed by atoms with Crippen molar-refractivity contribution in [1.82, 2.24) is 5.32 Å². The average molecular weight is 293 g/mol. The summed E-state index contributed by atoms with van der Waals surface area (Å²) in [6, 6.07) is 6.33. The zero-order valence-corrected chi connectivity index (χ0v) is 11.8. The molecule has 0 radical (unpaired) electrons. The van der Waals surface area contributed by atoms with Crippen molar-refractivity contribution in [3.63, 3.8) is 0 Å². The average Bonchev–Trinajstić information content (AvgIpc) is 3.22. The third kappa shape index (κ3) is 3.42. The van der Waals surface area contributed by atoms with E-state index >= 15 is 0 Å². The predicted molar refractivity (Wildman–Crippen MR) is 74.0 cm³/mol. The van der Waals surface area contributed by atoms with Crippen LogP contribution in [0.2, 0.25) is 0 Å². The van der Waals surface area contributed by atoms with Crippen LogP contribution in [-0.2, 0) is 13.2 Å². The lowest BCUT2D eigenvalue weighted by Gasteiger charge is -2.05. The number of hydrogen-bond acceptors (Lipinski definition) is 3. The van der Waals surface area contributed by atoms with Crippen LogP contribution < -0.4 is 10.1 Å². The molecule has 112 valence electrons. The summed E-state index contributed by atoms with van der Waals surface area (Å²) < 4.78 is 37.5. The fraction of sp³-hybridized carbons (Fsp3) is 0.375. The number of hydrogen-bond donors (Lipinski definition) is 1. The highest BCUT2D eigenvalue weighted by atomic mass is 19.2. The standard InChI is InChI=1S/C16H17F2NO2/c1-10-7-12(21-15(10)8-19-11-5-6-11)9-20-14-4-2-3-13(17)16(14)18/h2-4,7,11,19H,5-6,8-9H2,1H3. The van der Waals surface area contributed by atoms with Gasteiger partial charge in [-0.15, -0.1) is 0 Å². The lowest BCUT2D eigenvalue weighted by molar-refractivity contribution is 0.250. The quantitative estimate of drug-likeness (QED) is 0.882. The number of nitrogens with one attached hydrogen (secondary N) is 1. The summed E-state index contributed by atoms with van der Waals surface area (Å²) in [5.74, 6) is -0.542. The summed E-state index contributed by atoms with van der Waals surface area (Å²) in [4.78, 5) is 0. The summed E-state index contributed by atoms with van der Waals surface area (Å²) in [5.41, 5.74) is 1.03. The maximum atomic E-state index is 13.5. The second-order valence-corrected chi connectivity index (χ2v) is 5.31. The van der Waals surface area contributed by atoms with Crippen molar-refractivity contribution in [3.05, 3.63) is 53.0 Å². The molecule has 0 unspecified atom stereocenters. The maximum Gasteiger partial charge on any atom is 0.200 e. The molecule has 1 saturated carbocycles. The molecule has 2 aromatic rings. The van der Waals surface area contributed by atoms with Gasteiger partial charge in [0.15, 0.2) is 11.6 Å². The minimum Gasteiger partial charge on any atom is -0.482 e. The smallest absolute Gasteiger partial charge is 0.200 e. The van der Waals surface area contributed by atoms with Crippen molar-refractivity contribution >= 4 is 0 Å². The van der Waals surface area contributed by atoms with E-state index in [1.54, 1.807) is 0 Å². The van der Waals surface area contributed by atoms with Crippen LogP contribution in [0.15, 0.2) is 28.7 Å². The Bertz CT molecular complexity index is 635. The Hall–Kier alpha value is -1.88. The molecule has 1 aromatic heterocycles. The predicted octanol–water partition coefficient (Wildman–Crippen LogP) is 3.70. The van der Waals surface area contributed by atoms with Crippen LogP contribution in [0.4, 0.5) is 8.78 Å². The molecule has 3 rings (SSSR count). The van der Waals surface area contributed by atoms with Gasteiger partial charge in [-0.2, -0.15) is 4.39 Å². The summed E-state index contributed by atoms with van der Waals surface area (Å²) >= 11 is 0. The number of benzene rings is 1. The lowest BCUT2D eigenvalue weighted by Crippen LogP contribution is -2.15. The van der Waals surface area contributed by atoms with Gasteiger partial charge in [-0.25, -0.2) is 4.39 Å². The molecule has 1 N–H and O–H groups in total. The Morgan fingerprint density at radius 1 is 1.33 bits per heavy atom. The molecule has 21 heavy (non-hydrogen) atoms. The molecular weight excluding hydrogens is 276 g/mol. The largest absolute Gasteiger partial charge is 0.482 e. The zero-order chi connectivity index (χ0) is 14.8. The van der Waals surface area contributed by atoms with Crippen LogP contribution in [0.25, 0.3) is 0 Å². The number of rotatable bonds is 6. The second kappa shape index (κ2) is 5.85. The zero-order valence-electron chi connectivity index (χ0n) is 11.8. The van der Waals surface area contributed by atoms with Gasteiger partial charge in [0.1, 0.15) is 18.1 Å². The summed E-state index contributed by atoms with van der Waals surface area (Å²) in [6.45, 7) is 2.72. The Balaban J connectivity index is 1.62. The summed E-state index contributed by atoms with van der Waals surface area (Å²) in [7, 11) is 0. The molecule has 0 amide bonds. The molecule has 1 aliphatic carbocycles. The van der Waals surface area contributed by atoms with Crippen molar-refractivity contribution in [2.24, 2.45) is 0 Å². The van der Waals surface area contributed by atoms with Crippen molar-refractivity contribution in [2.45, 2.75) is 39.0 Å². The van der Waals surface area contributed by atoms with Crippen LogP contribution in [0.1, 0.15) is 29.9 Å². The van der Waals surface area contributed by atoms with E-state index in [0.29, 0.717) is 18.3 Å². The van der Waals surface area contributed by atoms with E-state index in [0.717, 1.165) is 17.4 Å². The van der Waals surface area contributed by atoms with Gasteiger partial charge in [-0.3, -0.25) is 0 Å². The van der Waals surface area contributed by atoms with E-state index in [4.69, 9.17) is 9.15 Å². The van der Waals surface area contributed by atoms with Gasteiger partial charge >= 0.3 is 0 Å². The highest BCUT2D eigenvalue weighted by Crippen LogP contribution is 2.23. The van der Waals surface area contributed by atoms with Crippen LogP contribution in [0.5, 0.6) is 5.75 Å². The van der Waals surface area contributed by atoms with Crippen LogP contribution in [0.3, 0.4) is 0 Å². The van der Waals surface area contributed by atoms with Crippen LogP contribution in [-0.4, -0.2) is 6.04 Å². The topological polar surface area (TPSA) is 34.4 Å². The minimum absolute atomic E-state index is 0.0740. The van der Waals surface area contributed by atoms with Crippen molar-refractivity contribution in [1.29, 1.82) is 0 Å². The number of ether oxygens (including phenoxy) is 1. The van der Waals surface area contributed by atoms with Gasteiger partial charge in [-0.05, 0) is 43.5 Å². The molecular formula is C16H17F2NO2. The molecule has 1 heterocycles. The van der Waals surface area contributed by atoms with Gasteiger partial charge in [0.05, 0.1) is 6.54 Å². The molecule has 1 aliphatic rings. The Kier molecular flexibility index (Phi) is 3.92. The fourth-order valence-corrected chi connectivity index (χ4v) is 2.11. The van der Waals surface area contributed by atoms with E-state index in [1.807, 2.05) is 13.0 Å². The normalized spacial score (nSPS) is 14.4. The molecule has 5 heteroatoms. The van der Waals surface area contributed by atoms with Gasteiger partial charge < -0.3 is 14.5 Å². The lowest BCUT2D eigenvalue weighted by atomic mass is 10.2. The van der Waals surface area contributed by atoms with E-state index in [9.17, 15) is 8.78 Å². The fourth-order valence-electron chi connectivity index (χ4n) is 2.11. The van der Waals surface area contributed by atoms with Gasteiger partial charge in [0, 0.05) is 6.04 Å². The van der Waals surface area contributed by atoms with Gasteiger partial charge in [-0.1, -0.05) is 6.07 Å². The van der Waals surface area contributed by atoms with Crippen molar-refractivity contribution < 1.29 is 17.9 Å². The van der Waals surface area contributed by atoms with Crippen LogP contribution in [0, 0.1) is 18.6 Å². The van der Waals surface area contributed by atoms with Crippen molar-refractivity contribution in [2.75, 3.05) is 0 Å². The first-order chi connectivity index (χ1) is 10.1. The SMILES string of the molecule is Cc1cc(COc2cccc(F)c2F)oc1CNC1CC1. The molecule has 1 fully saturated rings. The third-order valence-corrected chi connectivity index (χ3v) is 3.49. The summed E-state index contributed by atoms with van der Waals surface area (Å²) in [5, 5.41) is 3.37. The Labute approximate surface area is 121 Å². The molecule has 0 aliphatic heterocycles. The van der Waals surface area contributed by atoms with E-state index < -0.39 is 11.6 Å². The number of halogens is 2. The third-order valence-electron chi connectivity index (χ3n) is 3.49. The van der Waals surface area contributed by atoms with Gasteiger partial charge in [0.2, 0.25) is 5.82 Å². The number of aryl methyl sites for hydroxylation is 1.